The molecule has 0 heterocycles. The molecule has 3 nitrogen and oxygen atoms in total. The Morgan fingerprint density at radius 3 is 2.48 bits per heavy atom. The molecule has 0 amide bonds. The average Bonchev–Trinajstić information content (AvgIpc) is 2.52. The number of hydrogen-bond donors (Lipinski definition) is 0. The van der Waals surface area contributed by atoms with Gasteiger partial charge in [0, 0.05) is 0 Å². The van der Waals surface area contributed by atoms with Gasteiger partial charge in [0.25, 0.3) is 0 Å². The van der Waals surface area contributed by atoms with Gasteiger partial charge in [-0.3, -0.25) is 4.79 Å². The van der Waals surface area contributed by atoms with Crippen molar-refractivity contribution in [2.75, 3.05) is 13.7 Å². The van der Waals surface area contributed by atoms with Gasteiger partial charge in [-0.05, 0) is 30.5 Å². The van der Waals surface area contributed by atoms with Crippen molar-refractivity contribution in [3.8, 4) is 17.6 Å². The molecule has 0 spiro atoms. The van der Waals surface area contributed by atoms with E-state index in [1.165, 1.54) is 7.11 Å². The van der Waals surface area contributed by atoms with Crippen molar-refractivity contribution in [2.24, 2.45) is 5.92 Å². The molecule has 0 radical (unpaired) electrons. The van der Waals surface area contributed by atoms with Crippen LogP contribution in [0.25, 0.3) is 0 Å². The van der Waals surface area contributed by atoms with Gasteiger partial charge in [0.05, 0.1) is 26.1 Å². The van der Waals surface area contributed by atoms with Gasteiger partial charge in [-0.1, -0.05) is 38.3 Å². The molecule has 0 aliphatic carbocycles. The standard InChI is InChI=1S/C18H24O3/c1-5-7-16(12-18(19)20-4)15-8-10-17(11-9-15)21-13-14(3)6-2/h8-11,14,16H,6,12-13H2,1-4H3. The zero-order valence-corrected chi connectivity index (χ0v) is 13.3. The summed E-state index contributed by atoms with van der Waals surface area (Å²) in [6.07, 6.45) is 1.37. The summed E-state index contributed by atoms with van der Waals surface area (Å²) in [5.74, 6) is 6.93. The number of rotatable bonds is 7. The van der Waals surface area contributed by atoms with E-state index in [1.54, 1.807) is 6.92 Å². The van der Waals surface area contributed by atoms with E-state index in [0.29, 0.717) is 5.92 Å². The maximum absolute atomic E-state index is 11.4. The monoisotopic (exact) mass is 288 g/mol. The minimum Gasteiger partial charge on any atom is -0.493 e. The fraction of sp³-hybridized carbons (Fsp3) is 0.500. The number of ether oxygens (including phenoxy) is 2. The molecule has 21 heavy (non-hydrogen) atoms. The zero-order chi connectivity index (χ0) is 15.7. The number of benzene rings is 1. The molecule has 0 aromatic heterocycles. The highest BCUT2D eigenvalue weighted by Gasteiger charge is 2.14. The van der Waals surface area contributed by atoms with Crippen LogP contribution in [0.5, 0.6) is 5.75 Å². The average molecular weight is 288 g/mol. The van der Waals surface area contributed by atoms with Crippen LogP contribution in [0.2, 0.25) is 0 Å². The van der Waals surface area contributed by atoms with Gasteiger partial charge >= 0.3 is 5.97 Å². The molecule has 3 heteroatoms. The minimum atomic E-state index is -0.250. The Hall–Kier alpha value is -1.95. The molecule has 0 bridgehead atoms. The first-order chi connectivity index (χ1) is 10.1. The second-order valence-electron chi connectivity index (χ2n) is 5.12. The highest BCUT2D eigenvalue weighted by molar-refractivity contribution is 5.71. The fourth-order valence-electron chi connectivity index (χ4n) is 1.83. The van der Waals surface area contributed by atoms with Gasteiger partial charge in [-0.25, -0.2) is 0 Å². The summed E-state index contributed by atoms with van der Waals surface area (Å²) >= 11 is 0. The second-order valence-corrected chi connectivity index (χ2v) is 5.12. The number of carbonyl (C=O) groups is 1. The predicted molar refractivity (Wildman–Crippen MR) is 84.2 cm³/mol. The smallest absolute Gasteiger partial charge is 0.307 e. The molecule has 1 aromatic rings. The Kier molecular flexibility index (Phi) is 7.39. The molecule has 1 aromatic carbocycles. The van der Waals surface area contributed by atoms with Gasteiger partial charge in [-0.2, -0.15) is 0 Å². The van der Waals surface area contributed by atoms with Crippen molar-refractivity contribution in [1.29, 1.82) is 0 Å². The van der Waals surface area contributed by atoms with Crippen LogP contribution >= 0.6 is 0 Å². The van der Waals surface area contributed by atoms with Crippen LogP contribution in [0.1, 0.15) is 45.1 Å². The van der Waals surface area contributed by atoms with Crippen molar-refractivity contribution in [2.45, 2.75) is 39.5 Å². The molecule has 2 atom stereocenters. The van der Waals surface area contributed by atoms with Crippen molar-refractivity contribution in [1.82, 2.24) is 0 Å². The Bertz CT molecular complexity index is 493. The zero-order valence-electron chi connectivity index (χ0n) is 13.3. The minimum absolute atomic E-state index is 0.133. The van der Waals surface area contributed by atoms with E-state index in [0.717, 1.165) is 24.3 Å². The van der Waals surface area contributed by atoms with E-state index in [9.17, 15) is 4.79 Å². The van der Waals surface area contributed by atoms with Crippen LogP contribution in [-0.2, 0) is 9.53 Å². The van der Waals surface area contributed by atoms with E-state index in [2.05, 4.69) is 25.7 Å². The van der Waals surface area contributed by atoms with Crippen molar-refractivity contribution in [3.63, 3.8) is 0 Å². The van der Waals surface area contributed by atoms with Crippen molar-refractivity contribution < 1.29 is 14.3 Å². The molecule has 114 valence electrons. The highest BCUT2D eigenvalue weighted by Crippen LogP contribution is 2.23. The summed E-state index contributed by atoms with van der Waals surface area (Å²) in [6, 6.07) is 7.78. The van der Waals surface area contributed by atoms with Gasteiger partial charge in [-0.15, -0.1) is 5.92 Å². The Morgan fingerprint density at radius 2 is 1.95 bits per heavy atom. The number of methoxy groups -OCH3 is 1. The van der Waals surface area contributed by atoms with Crippen LogP contribution in [0, 0.1) is 17.8 Å². The molecule has 0 N–H and O–H groups in total. The molecule has 0 aliphatic heterocycles. The molecule has 2 unspecified atom stereocenters. The van der Waals surface area contributed by atoms with E-state index >= 15 is 0 Å². The summed E-state index contributed by atoms with van der Waals surface area (Å²) < 4.78 is 10.4. The largest absolute Gasteiger partial charge is 0.493 e. The summed E-state index contributed by atoms with van der Waals surface area (Å²) in [4.78, 5) is 11.4. The molecular formula is C18H24O3. The Balaban J connectivity index is 2.72. The number of hydrogen-bond acceptors (Lipinski definition) is 3. The van der Waals surface area contributed by atoms with Gasteiger partial charge in [0.15, 0.2) is 0 Å². The fourth-order valence-corrected chi connectivity index (χ4v) is 1.83. The van der Waals surface area contributed by atoms with Crippen molar-refractivity contribution in [3.05, 3.63) is 29.8 Å². The SMILES string of the molecule is CC#CC(CC(=O)OC)c1ccc(OCC(C)CC)cc1. The van der Waals surface area contributed by atoms with Crippen LogP contribution in [0.15, 0.2) is 24.3 Å². The summed E-state index contributed by atoms with van der Waals surface area (Å²) in [7, 11) is 1.39. The normalized spacial score (nSPS) is 12.8. The predicted octanol–water partition coefficient (Wildman–Crippen LogP) is 3.78. The first-order valence-electron chi connectivity index (χ1n) is 7.32. The van der Waals surface area contributed by atoms with Gasteiger partial charge in [0.2, 0.25) is 0 Å². The van der Waals surface area contributed by atoms with E-state index in [-0.39, 0.29) is 18.3 Å². The third-order valence-corrected chi connectivity index (χ3v) is 3.43. The van der Waals surface area contributed by atoms with Crippen LogP contribution in [0.3, 0.4) is 0 Å². The van der Waals surface area contributed by atoms with Crippen molar-refractivity contribution >= 4 is 5.97 Å². The van der Waals surface area contributed by atoms with Crippen LogP contribution in [-0.4, -0.2) is 19.7 Å². The lowest BCUT2D eigenvalue weighted by Gasteiger charge is -2.13. The Morgan fingerprint density at radius 1 is 1.29 bits per heavy atom. The first kappa shape index (κ1) is 17.1. The van der Waals surface area contributed by atoms with Gasteiger partial charge in [0.1, 0.15) is 5.75 Å². The third kappa shape index (κ3) is 5.91. The van der Waals surface area contributed by atoms with E-state index in [4.69, 9.17) is 9.47 Å². The molecule has 0 aliphatic rings. The quantitative estimate of drug-likeness (QED) is 0.566. The Labute approximate surface area is 127 Å². The van der Waals surface area contributed by atoms with Crippen LogP contribution in [0.4, 0.5) is 0 Å². The van der Waals surface area contributed by atoms with Gasteiger partial charge < -0.3 is 9.47 Å². The summed E-state index contributed by atoms with van der Waals surface area (Å²) in [5, 5.41) is 0. The third-order valence-electron chi connectivity index (χ3n) is 3.43. The lowest BCUT2D eigenvalue weighted by atomic mass is 9.96. The number of esters is 1. The first-order valence-corrected chi connectivity index (χ1v) is 7.32. The lowest BCUT2D eigenvalue weighted by molar-refractivity contribution is -0.140. The van der Waals surface area contributed by atoms with Crippen LogP contribution < -0.4 is 4.74 Å². The highest BCUT2D eigenvalue weighted by atomic mass is 16.5. The summed E-state index contributed by atoms with van der Waals surface area (Å²) in [6.45, 7) is 6.81. The number of carbonyl (C=O) groups excluding carboxylic acids is 1. The second kappa shape index (κ2) is 9.07. The maximum atomic E-state index is 11.4. The molecular weight excluding hydrogens is 264 g/mol. The molecule has 0 saturated heterocycles. The van der Waals surface area contributed by atoms with E-state index < -0.39 is 0 Å². The molecule has 1 rings (SSSR count). The lowest BCUT2D eigenvalue weighted by Crippen LogP contribution is -2.08. The summed E-state index contributed by atoms with van der Waals surface area (Å²) in [5.41, 5.74) is 1.01. The van der Waals surface area contributed by atoms with E-state index in [1.807, 2.05) is 24.3 Å². The molecule has 0 saturated carbocycles. The topological polar surface area (TPSA) is 35.5 Å². The maximum Gasteiger partial charge on any atom is 0.307 e. The molecule has 0 fully saturated rings.